The van der Waals surface area contributed by atoms with Crippen LogP contribution < -0.4 is 0 Å². The lowest BCUT2D eigenvalue weighted by Gasteiger charge is -2.36. The van der Waals surface area contributed by atoms with Gasteiger partial charge in [0.05, 0.1) is 5.52 Å². The van der Waals surface area contributed by atoms with E-state index in [-0.39, 0.29) is 6.09 Å². The molecule has 2 heterocycles. The summed E-state index contributed by atoms with van der Waals surface area (Å²) in [6.07, 6.45) is 5.18. The zero-order chi connectivity index (χ0) is 23.0. The Hall–Kier alpha value is -2.11. The molecule has 2 aromatic carbocycles. The van der Waals surface area contributed by atoms with Gasteiger partial charge in [-0.1, -0.05) is 40.5 Å². The van der Waals surface area contributed by atoms with Gasteiger partial charge in [-0.3, -0.25) is 9.47 Å². The molecular weight excluding hydrogens is 464 g/mol. The smallest absolute Gasteiger partial charge is 0.418 e. The summed E-state index contributed by atoms with van der Waals surface area (Å²) in [4.78, 5) is 15.5. The molecule has 32 heavy (non-hydrogen) atoms. The molecule has 5 heteroatoms. The summed E-state index contributed by atoms with van der Waals surface area (Å²) in [6.45, 7) is 11.9. The van der Waals surface area contributed by atoms with Crippen molar-refractivity contribution in [1.82, 2.24) is 9.47 Å². The number of hydrogen-bond acceptors (Lipinski definition) is 3. The Morgan fingerprint density at radius 3 is 2.62 bits per heavy atom. The maximum atomic E-state index is 12.9. The van der Waals surface area contributed by atoms with Gasteiger partial charge in [-0.15, -0.1) is 0 Å². The molecule has 1 aliphatic rings. The molecule has 4 rings (SSSR count). The van der Waals surface area contributed by atoms with Crippen LogP contribution in [0.4, 0.5) is 4.79 Å². The Morgan fingerprint density at radius 2 is 1.91 bits per heavy atom. The fraction of sp³-hybridized carbons (Fsp3) is 0.444. The molecule has 1 saturated heterocycles. The first-order chi connectivity index (χ1) is 15.1. The molecule has 4 nitrogen and oxygen atoms in total. The van der Waals surface area contributed by atoms with Gasteiger partial charge in [-0.25, -0.2) is 4.79 Å². The molecule has 0 spiro atoms. The van der Waals surface area contributed by atoms with Crippen molar-refractivity contribution >= 4 is 32.9 Å². The highest BCUT2D eigenvalue weighted by Gasteiger charge is 2.26. The van der Waals surface area contributed by atoms with Crippen LogP contribution in [0.25, 0.3) is 10.9 Å². The van der Waals surface area contributed by atoms with Gasteiger partial charge >= 0.3 is 6.09 Å². The average Bonchev–Trinajstić information content (AvgIpc) is 3.16. The van der Waals surface area contributed by atoms with Crippen molar-refractivity contribution in [2.24, 2.45) is 0 Å². The number of ether oxygens (including phenoxy) is 1. The van der Waals surface area contributed by atoms with Crippen LogP contribution in [0.3, 0.4) is 0 Å². The number of hydrogen-bond donors (Lipinski definition) is 0. The number of fused-ring (bicyclic) bond motifs is 1. The van der Waals surface area contributed by atoms with E-state index in [1.54, 1.807) is 4.57 Å². The molecule has 1 atom stereocenters. The van der Waals surface area contributed by atoms with E-state index in [0.717, 1.165) is 34.0 Å². The summed E-state index contributed by atoms with van der Waals surface area (Å²) in [6, 6.07) is 13.4. The van der Waals surface area contributed by atoms with Crippen LogP contribution in [0.5, 0.6) is 0 Å². The predicted molar refractivity (Wildman–Crippen MR) is 134 cm³/mol. The molecule has 0 aliphatic carbocycles. The van der Waals surface area contributed by atoms with E-state index in [4.69, 9.17) is 4.74 Å². The standard InChI is InChI=1S/C27H33BrN2O2/c1-18-15-19(2)25-22(12-14-30(25)26(31)32-27(3,4)5)23(18)17-29-13-7-6-11-24(29)20-9-8-10-21(28)16-20/h8-10,12,14-16,24H,6-7,11,13,17H2,1-5H3. The lowest BCUT2D eigenvalue weighted by Crippen LogP contribution is -2.33. The van der Waals surface area contributed by atoms with Crippen LogP contribution in [-0.2, 0) is 11.3 Å². The van der Waals surface area contributed by atoms with Gasteiger partial charge in [0.15, 0.2) is 0 Å². The minimum atomic E-state index is -0.528. The van der Waals surface area contributed by atoms with Crippen molar-refractivity contribution in [3.8, 4) is 0 Å². The Morgan fingerprint density at radius 1 is 1.12 bits per heavy atom. The predicted octanol–water partition coefficient (Wildman–Crippen LogP) is 7.53. The fourth-order valence-corrected chi connectivity index (χ4v) is 5.34. The zero-order valence-electron chi connectivity index (χ0n) is 19.7. The molecule has 3 aromatic rings. The quantitative estimate of drug-likeness (QED) is 0.375. The van der Waals surface area contributed by atoms with Crippen molar-refractivity contribution in [1.29, 1.82) is 0 Å². The van der Waals surface area contributed by atoms with Gasteiger partial charge in [-0.05, 0) is 94.5 Å². The summed E-state index contributed by atoms with van der Waals surface area (Å²) in [7, 11) is 0. The van der Waals surface area contributed by atoms with Crippen molar-refractivity contribution in [2.75, 3.05) is 6.54 Å². The maximum Gasteiger partial charge on any atom is 0.418 e. The third kappa shape index (κ3) is 4.79. The van der Waals surface area contributed by atoms with Crippen LogP contribution >= 0.6 is 15.9 Å². The summed E-state index contributed by atoms with van der Waals surface area (Å²) in [5.74, 6) is 0. The lowest BCUT2D eigenvalue weighted by atomic mass is 9.93. The van der Waals surface area contributed by atoms with Crippen molar-refractivity contribution in [2.45, 2.75) is 72.1 Å². The second-order valence-corrected chi connectivity index (χ2v) is 10.9. The first-order valence-electron chi connectivity index (χ1n) is 11.5. The molecule has 1 unspecified atom stereocenters. The van der Waals surface area contributed by atoms with Gasteiger partial charge in [0.1, 0.15) is 5.60 Å². The molecular formula is C27H33BrN2O2. The van der Waals surface area contributed by atoms with Gasteiger partial charge in [0.25, 0.3) is 0 Å². The highest BCUT2D eigenvalue weighted by Crippen LogP contribution is 2.36. The first kappa shape index (κ1) is 23.1. The third-order valence-electron chi connectivity index (χ3n) is 6.29. The van der Waals surface area contributed by atoms with E-state index >= 15 is 0 Å². The number of carbonyl (C=O) groups is 1. The van der Waals surface area contributed by atoms with E-state index in [0.29, 0.717) is 6.04 Å². The molecule has 0 N–H and O–H groups in total. The Balaban J connectivity index is 1.71. The molecule has 0 saturated carbocycles. The summed E-state index contributed by atoms with van der Waals surface area (Å²) in [5.41, 5.74) is 5.46. The Bertz CT molecular complexity index is 1140. The monoisotopic (exact) mass is 496 g/mol. The number of aromatic nitrogens is 1. The minimum absolute atomic E-state index is 0.324. The first-order valence-corrected chi connectivity index (χ1v) is 12.3. The molecule has 0 amide bonds. The lowest BCUT2D eigenvalue weighted by molar-refractivity contribution is 0.0544. The number of benzene rings is 2. The second-order valence-electron chi connectivity index (χ2n) is 9.95. The number of nitrogens with zero attached hydrogens (tertiary/aromatic N) is 2. The highest BCUT2D eigenvalue weighted by atomic mass is 79.9. The average molecular weight is 497 g/mol. The molecule has 1 fully saturated rings. The molecule has 0 bridgehead atoms. The Labute approximate surface area is 199 Å². The summed E-state index contributed by atoms with van der Waals surface area (Å²) >= 11 is 3.64. The SMILES string of the molecule is Cc1cc(C)c2c(ccn2C(=O)OC(C)(C)C)c1CN1CCCCC1c1cccc(Br)c1. The molecule has 1 aliphatic heterocycles. The second kappa shape index (κ2) is 9.03. The van der Waals surface area contributed by atoms with Crippen molar-refractivity contribution < 1.29 is 9.53 Å². The van der Waals surface area contributed by atoms with Crippen molar-refractivity contribution in [3.63, 3.8) is 0 Å². The minimum Gasteiger partial charge on any atom is -0.443 e. The van der Waals surface area contributed by atoms with Gasteiger partial charge in [0, 0.05) is 28.6 Å². The van der Waals surface area contributed by atoms with E-state index in [2.05, 4.69) is 71.1 Å². The number of halogens is 1. The summed E-state index contributed by atoms with van der Waals surface area (Å²) in [5, 5.41) is 1.15. The highest BCUT2D eigenvalue weighted by molar-refractivity contribution is 9.10. The number of carbonyl (C=O) groups excluding carboxylic acids is 1. The zero-order valence-corrected chi connectivity index (χ0v) is 21.3. The number of rotatable bonds is 3. The molecule has 170 valence electrons. The van der Waals surface area contributed by atoms with Crippen LogP contribution in [0.15, 0.2) is 47.1 Å². The fourth-order valence-electron chi connectivity index (χ4n) is 4.92. The largest absolute Gasteiger partial charge is 0.443 e. The van der Waals surface area contributed by atoms with E-state index in [1.165, 1.54) is 36.0 Å². The van der Waals surface area contributed by atoms with Gasteiger partial charge in [0.2, 0.25) is 0 Å². The van der Waals surface area contributed by atoms with E-state index < -0.39 is 5.60 Å². The van der Waals surface area contributed by atoms with E-state index in [9.17, 15) is 4.79 Å². The van der Waals surface area contributed by atoms with Gasteiger partial charge in [-0.2, -0.15) is 0 Å². The van der Waals surface area contributed by atoms with Crippen LogP contribution in [0, 0.1) is 13.8 Å². The topological polar surface area (TPSA) is 34.5 Å². The Kier molecular flexibility index (Phi) is 6.51. The molecule has 0 radical (unpaired) electrons. The van der Waals surface area contributed by atoms with Crippen molar-refractivity contribution in [3.05, 3.63) is 69.3 Å². The number of piperidine rings is 1. The van der Waals surface area contributed by atoms with E-state index in [1.807, 2.05) is 27.0 Å². The maximum absolute atomic E-state index is 12.9. The summed E-state index contributed by atoms with van der Waals surface area (Å²) < 4.78 is 8.46. The molecule has 1 aromatic heterocycles. The van der Waals surface area contributed by atoms with Crippen LogP contribution in [0.2, 0.25) is 0 Å². The van der Waals surface area contributed by atoms with Crippen LogP contribution in [-0.4, -0.2) is 27.7 Å². The number of likely N-dealkylation sites (tertiary alicyclic amines) is 1. The normalized spacial score (nSPS) is 17.6. The third-order valence-corrected chi connectivity index (χ3v) is 6.79. The van der Waals surface area contributed by atoms with Gasteiger partial charge < -0.3 is 4.74 Å². The number of aryl methyl sites for hydroxylation is 2. The van der Waals surface area contributed by atoms with Crippen LogP contribution in [0.1, 0.15) is 68.3 Å².